The number of hydrogen-bond donors (Lipinski definition) is 3. The van der Waals surface area contributed by atoms with Crippen molar-refractivity contribution in [3.05, 3.63) is 48.6 Å². The zero-order valence-electron chi connectivity index (χ0n) is 17.2. The summed E-state index contributed by atoms with van der Waals surface area (Å²) in [5, 5.41) is 18.2. The molecule has 1 saturated heterocycles. The fourth-order valence-electron chi connectivity index (χ4n) is 3.80. The number of anilines is 3. The molecule has 10 nitrogen and oxygen atoms in total. The fourth-order valence-corrected chi connectivity index (χ4v) is 3.80. The summed E-state index contributed by atoms with van der Waals surface area (Å²) in [7, 11) is 1.84. The number of nitrogen functional groups attached to an aromatic ring is 1. The number of aliphatic hydroxyl groups excluding tert-OH is 1. The second-order valence-electron chi connectivity index (χ2n) is 7.51. The molecule has 0 radical (unpaired) electrons. The lowest BCUT2D eigenvalue weighted by atomic mass is 10.1. The summed E-state index contributed by atoms with van der Waals surface area (Å²) in [6, 6.07) is 7.29. The van der Waals surface area contributed by atoms with Crippen molar-refractivity contribution < 1.29 is 14.3 Å². The number of nitrogens with two attached hydrogens (primary N) is 1. The number of amides is 1. The van der Waals surface area contributed by atoms with Crippen molar-refractivity contribution in [3.8, 4) is 11.5 Å². The lowest BCUT2D eigenvalue weighted by molar-refractivity contribution is 0.102. The average Bonchev–Trinajstić information content (AvgIpc) is 3.49. The molecule has 1 aliphatic heterocycles. The lowest BCUT2D eigenvalue weighted by Gasteiger charge is -2.22. The van der Waals surface area contributed by atoms with Gasteiger partial charge < -0.3 is 25.5 Å². The van der Waals surface area contributed by atoms with Gasteiger partial charge in [-0.25, -0.2) is 9.97 Å². The molecule has 0 bridgehead atoms. The lowest BCUT2D eigenvalue weighted by Crippen LogP contribution is -2.23. The number of halogens is 1. The van der Waals surface area contributed by atoms with E-state index < -0.39 is 12.0 Å². The molecule has 3 aromatic heterocycles. The van der Waals surface area contributed by atoms with Crippen LogP contribution in [0.2, 0.25) is 0 Å². The second kappa shape index (κ2) is 8.48. The van der Waals surface area contributed by atoms with Crippen molar-refractivity contribution >= 4 is 46.4 Å². The van der Waals surface area contributed by atoms with E-state index in [1.807, 2.05) is 19.2 Å². The summed E-state index contributed by atoms with van der Waals surface area (Å²) >= 11 is 0. The summed E-state index contributed by atoms with van der Waals surface area (Å²) in [6.07, 6.45) is 4.92. The molecule has 4 N–H and O–H groups in total. The number of oxazole rings is 1. The number of β-amino-alcohol motifs (C(OH)–C–C–N with tert-alkyl or cyclic N) is 1. The van der Waals surface area contributed by atoms with Crippen LogP contribution in [0.5, 0.6) is 0 Å². The van der Waals surface area contributed by atoms with Crippen LogP contribution in [0.15, 0.2) is 47.3 Å². The Labute approximate surface area is 189 Å². The van der Waals surface area contributed by atoms with Crippen LogP contribution < -0.4 is 16.0 Å². The Morgan fingerprint density at radius 1 is 1.38 bits per heavy atom. The molecule has 1 amide bonds. The first-order chi connectivity index (χ1) is 15.0. The van der Waals surface area contributed by atoms with Gasteiger partial charge in [0.05, 0.1) is 34.8 Å². The van der Waals surface area contributed by atoms with Crippen LogP contribution in [0, 0.1) is 0 Å². The zero-order valence-corrected chi connectivity index (χ0v) is 18.0. The van der Waals surface area contributed by atoms with Gasteiger partial charge in [0.2, 0.25) is 5.89 Å². The van der Waals surface area contributed by atoms with Gasteiger partial charge in [0.1, 0.15) is 12.1 Å². The number of nitrogens with zero attached hydrogens (tertiary/aromatic N) is 5. The molecule has 4 heterocycles. The maximum absolute atomic E-state index is 13.0. The normalized spacial score (nSPS) is 15.7. The molecular weight excluding hydrogens is 434 g/mol. The molecule has 11 heteroatoms. The van der Waals surface area contributed by atoms with E-state index in [1.165, 1.54) is 6.26 Å². The number of fused-ring (bicyclic) bond motifs is 1. The number of rotatable bonds is 4. The Kier molecular flexibility index (Phi) is 5.72. The Balaban J connectivity index is 0.00000245. The Bertz CT molecular complexity index is 1290. The van der Waals surface area contributed by atoms with E-state index in [9.17, 15) is 9.90 Å². The molecular formula is C21H22ClN7O3. The summed E-state index contributed by atoms with van der Waals surface area (Å²) < 4.78 is 7.20. The highest BCUT2D eigenvalue weighted by Gasteiger charge is 2.25. The van der Waals surface area contributed by atoms with Crippen molar-refractivity contribution in [3.63, 3.8) is 0 Å². The molecule has 0 aliphatic carbocycles. The molecule has 166 valence electrons. The van der Waals surface area contributed by atoms with Crippen molar-refractivity contribution in [1.82, 2.24) is 19.7 Å². The molecule has 4 aromatic rings. The van der Waals surface area contributed by atoms with Gasteiger partial charge in [-0.05, 0) is 30.7 Å². The Morgan fingerprint density at radius 3 is 2.97 bits per heavy atom. The average molecular weight is 456 g/mol. The first-order valence-electron chi connectivity index (χ1n) is 9.86. The molecule has 5 rings (SSSR count). The minimum Gasteiger partial charge on any atom is -0.443 e. The predicted molar refractivity (Wildman–Crippen MR) is 123 cm³/mol. The highest BCUT2D eigenvalue weighted by molar-refractivity contribution is 6.06. The topological polar surface area (TPSA) is 135 Å². The Morgan fingerprint density at radius 2 is 2.22 bits per heavy atom. The summed E-state index contributed by atoms with van der Waals surface area (Å²) in [5.41, 5.74) is 8.83. The zero-order chi connectivity index (χ0) is 21.5. The van der Waals surface area contributed by atoms with Crippen LogP contribution in [0.4, 0.5) is 17.2 Å². The van der Waals surface area contributed by atoms with E-state index >= 15 is 0 Å². The van der Waals surface area contributed by atoms with E-state index in [0.717, 1.165) is 16.6 Å². The fraction of sp³-hybridized carbons (Fsp3) is 0.238. The number of aliphatic hydroxyl groups is 1. The van der Waals surface area contributed by atoms with Gasteiger partial charge in [-0.15, -0.1) is 12.4 Å². The van der Waals surface area contributed by atoms with Crippen LogP contribution in [0.3, 0.4) is 0 Å². The standard InChI is InChI=1S/C21H21N7O3.ClH/c1-27-17-8-15(18(7-12(17)9-24-27)28-6-4-13(29)10-28)25-20(30)16-11-31-21(26-16)14-3-2-5-23-19(14)22;/h2-3,5,7-9,11,13,29H,4,6,10H2,1H3,(H2,22,23)(H,25,30);1H/t13-;/m0./s1. The molecule has 1 fully saturated rings. The van der Waals surface area contributed by atoms with Crippen LogP contribution in [0.1, 0.15) is 16.9 Å². The number of benzene rings is 1. The highest BCUT2D eigenvalue weighted by Crippen LogP contribution is 2.34. The number of aromatic nitrogens is 4. The maximum atomic E-state index is 13.0. The number of carbonyl (C=O) groups excluding carboxylic acids is 1. The number of carbonyl (C=O) groups is 1. The van der Waals surface area contributed by atoms with Gasteiger partial charge >= 0.3 is 0 Å². The summed E-state index contributed by atoms with van der Waals surface area (Å²) in [6.45, 7) is 1.20. The minimum atomic E-state index is -0.417. The van der Waals surface area contributed by atoms with Gasteiger partial charge in [-0.2, -0.15) is 5.10 Å². The summed E-state index contributed by atoms with van der Waals surface area (Å²) in [5.74, 6) is 0.0774. The van der Waals surface area contributed by atoms with Crippen LogP contribution in [-0.2, 0) is 7.05 Å². The van der Waals surface area contributed by atoms with Crippen LogP contribution >= 0.6 is 12.4 Å². The van der Waals surface area contributed by atoms with E-state index in [4.69, 9.17) is 10.2 Å². The number of hydrogen-bond acceptors (Lipinski definition) is 8. The Hall–Kier alpha value is -3.63. The second-order valence-corrected chi connectivity index (χ2v) is 7.51. The van der Waals surface area contributed by atoms with Crippen LogP contribution in [-0.4, -0.2) is 50.0 Å². The number of pyridine rings is 1. The minimum absolute atomic E-state index is 0. The van der Waals surface area contributed by atoms with Crippen molar-refractivity contribution in [2.24, 2.45) is 7.05 Å². The molecule has 0 spiro atoms. The molecule has 0 unspecified atom stereocenters. The first-order valence-corrected chi connectivity index (χ1v) is 9.86. The maximum Gasteiger partial charge on any atom is 0.277 e. The van der Waals surface area contributed by atoms with E-state index in [1.54, 1.807) is 29.2 Å². The largest absolute Gasteiger partial charge is 0.443 e. The van der Waals surface area contributed by atoms with E-state index in [0.29, 0.717) is 30.8 Å². The highest BCUT2D eigenvalue weighted by atomic mass is 35.5. The quantitative estimate of drug-likeness (QED) is 0.427. The van der Waals surface area contributed by atoms with Gasteiger partial charge in [0.25, 0.3) is 5.91 Å². The van der Waals surface area contributed by atoms with Crippen LogP contribution in [0.25, 0.3) is 22.4 Å². The first kappa shape index (κ1) is 21.6. The molecule has 0 saturated carbocycles. The van der Waals surface area contributed by atoms with E-state index in [-0.39, 0.29) is 29.8 Å². The molecule has 32 heavy (non-hydrogen) atoms. The van der Waals surface area contributed by atoms with Crippen molar-refractivity contribution in [2.75, 3.05) is 29.0 Å². The van der Waals surface area contributed by atoms with Gasteiger partial charge in [0, 0.05) is 31.7 Å². The summed E-state index contributed by atoms with van der Waals surface area (Å²) in [4.78, 5) is 23.3. The monoisotopic (exact) mass is 455 g/mol. The van der Waals surface area contributed by atoms with Gasteiger partial charge in [-0.3, -0.25) is 9.48 Å². The smallest absolute Gasteiger partial charge is 0.277 e. The number of aryl methyl sites for hydroxylation is 1. The van der Waals surface area contributed by atoms with Crippen molar-refractivity contribution in [2.45, 2.75) is 12.5 Å². The third-order valence-corrected chi connectivity index (χ3v) is 5.42. The third kappa shape index (κ3) is 3.85. The number of nitrogens with one attached hydrogen (secondary N) is 1. The van der Waals surface area contributed by atoms with E-state index in [2.05, 4.69) is 25.3 Å². The molecule has 1 atom stereocenters. The predicted octanol–water partition coefficient (Wildman–Crippen LogP) is 2.45. The van der Waals surface area contributed by atoms with Gasteiger partial charge in [0.15, 0.2) is 5.69 Å². The SMILES string of the molecule is Cl.Cn1ncc2cc(N3CC[C@H](O)C3)c(NC(=O)c3coc(-c4cccnc4N)n3)cc21. The van der Waals surface area contributed by atoms with Gasteiger partial charge in [-0.1, -0.05) is 0 Å². The molecule has 1 aliphatic rings. The molecule has 1 aromatic carbocycles. The third-order valence-electron chi connectivity index (χ3n) is 5.42. The van der Waals surface area contributed by atoms with Crippen molar-refractivity contribution in [1.29, 1.82) is 0 Å².